The van der Waals surface area contributed by atoms with Crippen LogP contribution in [0.1, 0.15) is 10.4 Å². The quantitative estimate of drug-likeness (QED) is 0.464. The normalized spacial score (nSPS) is 10.8. The Labute approximate surface area is 180 Å². The average Bonchev–Trinajstić information content (AvgIpc) is 2.74. The van der Waals surface area contributed by atoms with Crippen LogP contribution in [0.5, 0.6) is 0 Å². The summed E-state index contributed by atoms with van der Waals surface area (Å²) in [7, 11) is 5.15. The van der Waals surface area contributed by atoms with Gasteiger partial charge in [0.1, 0.15) is 5.82 Å². The Morgan fingerprint density at radius 2 is 1.53 bits per heavy atom. The van der Waals surface area contributed by atoms with Crippen LogP contribution in [0.4, 0.5) is 5.82 Å². The number of ether oxygens (including phenoxy) is 1. The average molecular weight is 425 g/mol. The second-order valence-corrected chi connectivity index (χ2v) is 7.24. The molecule has 8 heteroatoms. The van der Waals surface area contributed by atoms with E-state index in [1.54, 1.807) is 16.7 Å². The van der Waals surface area contributed by atoms with Gasteiger partial charge in [-0.05, 0) is 50.6 Å². The lowest BCUT2D eigenvalue weighted by Crippen LogP contribution is -2.33. The molecule has 0 spiro atoms. The summed E-state index contributed by atoms with van der Waals surface area (Å²) in [4.78, 5) is 28.1. The Bertz CT molecular complexity index is 1140. The largest absolute Gasteiger partial charge is 0.465 e. The molecule has 0 saturated carbocycles. The molecule has 3 rings (SSSR count). The highest BCUT2D eigenvalue weighted by Crippen LogP contribution is 2.22. The van der Waals surface area contributed by atoms with Crippen LogP contribution in [-0.2, 0) is 4.74 Å². The molecule has 0 fully saturated rings. The molecule has 1 heterocycles. The van der Waals surface area contributed by atoms with Crippen molar-refractivity contribution in [2.75, 3.05) is 39.6 Å². The number of para-hydroxylation sites is 2. The summed E-state index contributed by atoms with van der Waals surface area (Å²) in [5, 5.41) is 3.23. The summed E-state index contributed by atoms with van der Waals surface area (Å²) >= 11 is 5.74. The number of anilines is 1. The highest BCUT2D eigenvalue weighted by Gasteiger charge is 2.25. The van der Waals surface area contributed by atoms with Crippen molar-refractivity contribution in [1.29, 1.82) is 0 Å². The zero-order chi connectivity index (χ0) is 21.7. The highest BCUT2D eigenvalue weighted by molar-refractivity contribution is 7.71. The van der Waals surface area contributed by atoms with E-state index in [-0.39, 0.29) is 10.3 Å². The number of carbonyl (C=O) groups is 1. The molecule has 3 aromatic rings. The Hall–Kier alpha value is -3.23. The summed E-state index contributed by atoms with van der Waals surface area (Å²) < 4.78 is 8.26. The van der Waals surface area contributed by atoms with Gasteiger partial charge in [-0.15, -0.1) is 0 Å². The first kappa shape index (κ1) is 21.5. The minimum absolute atomic E-state index is 0.0995. The number of hydrogen-bond donors (Lipinski definition) is 1. The van der Waals surface area contributed by atoms with E-state index in [0.717, 1.165) is 5.69 Å². The van der Waals surface area contributed by atoms with Crippen LogP contribution in [0.3, 0.4) is 0 Å². The number of methoxy groups -OCH3 is 1. The SMILES string of the molecule is COC(=O)c1c(NCCN(C)C)n(-c2ccccc2)c(=S)n(-c2ccccc2)c1=O. The van der Waals surface area contributed by atoms with Crippen molar-refractivity contribution in [2.45, 2.75) is 0 Å². The Balaban J connectivity index is 2.38. The molecule has 0 aliphatic carbocycles. The van der Waals surface area contributed by atoms with Crippen LogP contribution in [0.25, 0.3) is 11.4 Å². The maximum atomic E-state index is 13.4. The second-order valence-electron chi connectivity index (χ2n) is 6.87. The number of nitrogens with zero attached hydrogens (tertiary/aromatic N) is 3. The predicted octanol–water partition coefficient (Wildman–Crippen LogP) is 3.12. The number of carbonyl (C=O) groups excluding carboxylic acids is 1. The van der Waals surface area contributed by atoms with Crippen molar-refractivity contribution >= 4 is 24.0 Å². The molecule has 0 saturated heterocycles. The minimum Gasteiger partial charge on any atom is -0.465 e. The molecule has 2 aromatic carbocycles. The van der Waals surface area contributed by atoms with E-state index >= 15 is 0 Å². The molecule has 0 amide bonds. The van der Waals surface area contributed by atoms with Crippen molar-refractivity contribution in [3.8, 4) is 11.4 Å². The number of nitrogens with one attached hydrogen (secondary N) is 1. The fourth-order valence-electron chi connectivity index (χ4n) is 3.08. The third-order valence-corrected chi connectivity index (χ3v) is 4.89. The molecule has 30 heavy (non-hydrogen) atoms. The molecular formula is C22H24N4O3S. The van der Waals surface area contributed by atoms with Gasteiger partial charge in [-0.2, -0.15) is 0 Å². The topological polar surface area (TPSA) is 68.5 Å². The molecule has 0 radical (unpaired) electrons. The summed E-state index contributed by atoms with van der Waals surface area (Å²) in [5.41, 5.74) is 0.669. The molecule has 0 aliphatic heterocycles. The maximum Gasteiger partial charge on any atom is 0.347 e. The van der Waals surface area contributed by atoms with Gasteiger partial charge in [-0.25, -0.2) is 4.79 Å². The third kappa shape index (κ3) is 4.34. The summed E-state index contributed by atoms with van der Waals surface area (Å²) in [6.07, 6.45) is 0. The molecular weight excluding hydrogens is 400 g/mol. The summed E-state index contributed by atoms with van der Waals surface area (Å²) in [6.45, 7) is 1.21. The lowest BCUT2D eigenvalue weighted by molar-refractivity contribution is 0.0598. The van der Waals surface area contributed by atoms with Gasteiger partial charge in [0.25, 0.3) is 5.56 Å². The summed E-state index contributed by atoms with van der Waals surface area (Å²) in [5.74, 6) is -0.409. The Kier molecular flexibility index (Phi) is 6.81. The molecule has 156 valence electrons. The number of esters is 1. The van der Waals surface area contributed by atoms with Crippen LogP contribution in [0, 0.1) is 4.77 Å². The predicted molar refractivity (Wildman–Crippen MR) is 121 cm³/mol. The van der Waals surface area contributed by atoms with E-state index < -0.39 is 11.5 Å². The van der Waals surface area contributed by atoms with E-state index in [2.05, 4.69) is 5.32 Å². The second kappa shape index (κ2) is 9.51. The van der Waals surface area contributed by atoms with Crippen molar-refractivity contribution in [2.24, 2.45) is 0 Å². The Morgan fingerprint density at radius 3 is 2.03 bits per heavy atom. The molecule has 1 N–H and O–H groups in total. The van der Waals surface area contributed by atoms with Gasteiger partial charge in [0.15, 0.2) is 10.3 Å². The number of likely N-dealkylation sites (N-methyl/N-ethyl adjacent to an activating group) is 1. The van der Waals surface area contributed by atoms with E-state index in [1.165, 1.54) is 11.7 Å². The van der Waals surface area contributed by atoms with E-state index in [4.69, 9.17) is 17.0 Å². The monoisotopic (exact) mass is 424 g/mol. The number of hydrogen-bond acceptors (Lipinski definition) is 6. The lowest BCUT2D eigenvalue weighted by Gasteiger charge is -2.22. The molecule has 7 nitrogen and oxygen atoms in total. The van der Waals surface area contributed by atoms with Gasteiger partial charge >= 0.3 is 5.97 Å². The molecule has 0 unspecified atom stereocenters. The maximum absolute atomic E-state index is 13.4. The standard InChI is InChI=1S/C22H24N4O3S/c1-24(2)15-14-23-19-18(21(28)29-3)20(27)26(17-12-8-5-9-13-17)22(30)25(19)16-10-6-4-7-11-16/h4-13,23H,14-15H2,1-3H3. The number of rotatable bonds is 7. The molecule has 0 bridgehead atoms. The van der Waals surface area contributed by atoms with Crippen LogP contribution in [0.15, 0.2) is 65.5 Å². The fourth-order valence-corrected chi connectivity index (χ4v) is 3.47. The van der Waals surface area contributed by atoms with Crippen molar-refractivity contribution in [1.82, 2.24) is 14.0 Å². The van der Waals surface area contributed by atoms with Crippen molar-refractivity contribution in [3.05, 3.63) is 81.4 Å². The third-order valence-electron chi connectivity index (χ3n) is 4.53. The lowest BCUT2D eigenvalue weighted by atomic mass is 10.2. The zero-order valence-electron chi connectivity index (χ0n) is 17.2. The van der Waals surface area contributed by atoms with Crippen LogP contribution in [0.2, 0.25) is 0 Å². The Morgan fingerprint density at radius 1 is 1.00 bits per heavy atom. The van der Waals surface area contributed by atoms with E-state index in [1.807, 2.05) is 67.5 Å². The molecule has 1 aromatic heterocycles. The molecule has 0 aliphatic rings. The summed E-state index contributed by atoms with van der Waals surface area (Å²) in [6, 6.07) is 18.4. The zero-order valence-corrected chi connectivity index (χ0v) is 18.0. The number of aromatic nitrogens is 2. The van der Waals surface area contributed by atoms with Crippen LogP contribution < -0.4 is 10.9 Å². The van der Waals surface area contributed by atoms with Gasteiger partial charge in [-0.3, -0.25) is 13.9 Å². The van der Waals surface area contributed by atoms with Gasteiger partial charge in [0.2, 0.25) is 0 Å². The van der Waals surface area contributed by atoms with Gasteiger partial charge in [-0.1, -0.05) is 36.4 Å². The van der Waals surface area contributed by atoms with E-state index in [0.29, 0.717) is 24.6 Å². The van der Waals surface area contributed by atoms with Gasteiger partial charge in [0.05, 0.1) is 12.8 Å². The highest BCUT2D eigenvalue weighted by atomic mass is 32.1. The van der Waals surface area contributed by atoms with Crippen LogP contribution in [-0.4, -0.2) is 54.3 Å². The smallest absolute Gasteiger partial charge is 0.347 e. The van der Waals surface area contributed by atoms with Gasteiger partial charge in [0, 0.05) is 18.8 Å². The van der Waals surface area contributed by atoms with Gasteiger partial charge < -0.3 is 15.0 Å². The number of benzene rings is 2. The van der Waals surface area contributed by atoms with E-state index in [9.17, 15) is 9.59 Å². The first-order valence-electron chi connectivity index (χ1n) is 9.45. The first-order valence-corrected chi connectivity index (χ1v) is 9.86. The first-order chi connectivity index (χ1) is 14.5. The fraction of sp³-hybridized carbons (Fsp3) is 0.227. The van der Waals surface area contributed by atoms with Crippen molar-refractivity contribution < 1.29 is 9.53 Å². The molecule has 0 atom stereocenters. The minimum atomic E-state index is -0.725. The van der Waals surface area contributed by atoms with Crippen LogP contribution >= 0.6 is 12.2 Å². The van der Waals surface area contributed by atoms with Crippen molar-refractivity contribution in [3.63, 3.8) is 0 Å².